The molecule has 4 heteroatoms. The highest BCUT2D eigenvalue weighted by Gasteiger charge is 2.22. The van der Waals surface area contributed by atoms with E-state index in [2.05, 4.69) is 24.1 Å². The van der Waals surface area contributed by atoms with Crippen LogP contribution in [0.3, 0.4) is 0 Å². The Hall–Kier alpha value is -1.13. The summed E-state index contributed by atoms with van der Waals surface area (Å²) in [5.41, 5.74) is 2.10. The lowest BCUT2D eigenvalue weighted by Gasteiger charge is -2.35. The van der Waals surface area contributed by atoms with Crippen LogP contribution in [0.1, 0.15) is 38.3 Å². The predicted octanol–water partition coefficient (Wildman–Crippen LogP) is 2.70. The lowest BCUT2D eigenvalue weighted by molar-refractivity contribution is 0.208. The van der Waals surface area contributed by atoms with Gasteiger partial charge in [-0.15, -0.1) is 0 Å². The lowest BCUT2D eigenvalue weighted by atomic mass is 9.96. The van der Waals surface area contributed by atoms with Crippen molar-refractivity contribution in [2.45, 2.75) is 32.7 Å². The molecule has 0 amide bonds. The van der Waals surface area contributed by atoms with Crippen molar-refractivity contribution in [1.29, 1.82) is 0 Å². The van der Waals surface area contributed by atoms with Crippen molar-refractivity contribution in [3.05, 3.63) is 29.6 Å². The summed E-state index contributed by atoms with van der Waals surface area (Å²) >= 11 is 0. The van der Waals surface area contributed by atoms with Gasteiger partial charge in [-0.2, -0.15) is 0 Å². The first-order chi connectivity index (χ1) is 9.65. The van der Waals surface area contributed by atoms with Crippen LogP contribution in [0.25, 0.3) is 0 Å². The molecule has 0 aliphatic carbocycles. The van der Waals surface area contributed by atoms with E-state index < -0.39 is 0 Å². The van der Waals surface area contributed by atoms with Crippen LogP contribution in [0.4, 0.5) is 10.1 Å². The van der Waals surface area contributed by atoms with Gasteiger partial charge in [-0.25, -0.2) is 4.39 Å². The zero-order chi connectivity index (χ0) is 14.5. The van der Waals surface area contributed by atoms with Crippen molar-refractivity contribution in [2.24, 2.45) is 5.92 Å². The van der Waals surface area contributed by atoms with Crippen LogP contribution in [0, 0.1) is 11.7 Å². The molecule has 112 valence electrons. The van der Waals surface area contributed by atoms with Gasteiger partial charge in [0.15, 0.2) is 0 Å². The van der Waals surface area contributed by atoms with Crippen molar-refractivity contribution < 1.29 is 9.50 Å². The fourth-order valence-corrected chi connectivity index (χ4v) is 3.01. The van der Waals surface area contributed by atoms with Gasteiger partial charge in [0.25, 0.3) is 0 Å². The van der Waals surface area contributed by atoms with Crippen LogP contribution in [-0.2, 0) is 0 Å². The van der Waals surface area contributed by atoms with E-state index in [4.69, 9.17) is 0 Å². The molecule has 1 saturated heterocycles. The van der Waals surface area contributed by atoms with Crippen LogP contribution in [0.5, 0.6) is 0 Å². The number of hydrogen-bond acceptors (Lipinski definition) is 3. The maximum Gasteiger partial charge on any atom is 0.123 e. The van der Waals surface area contributed by atoms with E-state index in [9.17, 15) is 9.50 Å². The molecule has 1 aromatic rings. The number of aliphatic hydroxyl groups is 1. The van der Waals surface area contributed by atoms with E-state index in [-0.39, 0.29) is 18.5 Å². The molecule has 0 saturated carbocycles. The van der Waals surface area contributed by atoms with E-state index in [1.165, 1.54) is 6.07 Å². The molecule has 0 radical (unpaired) electrons. The van der Waals surface area contributed by atoms with Crippen molar-refractivity contribution >= 4 is 5.69 Å². The monoisotopic (exact) mass is 280 g/mol. The van der Waals surface area contributed by atoms with Gasteiger partial charge in [0.2, 0.25) is 0 Å². The number of nitrogens with one attached hydrogen (secondary N) is 1. The van der Waals surface area contributed by atoms with Gasteiger partial charge < -0.3 is 15.3 Å². The first kappa shape index (κ1) is 15.3. The molecule has 2 unspecified atom stereocenters. The van der Waals surface area contributed by atoms with Crippen LogP contribution in [-0.4, -0.2) is 31.3 Å². The molecule has 20 heavy (non-hydrogen) atoms. The van der Waals surface area contributed by atoms with E-state index >= 15 is 0 Å². The van der Waals surface area contributed by atoms with E-state index in [1.54, 1.807) is 6.07 Å². The predicted molar refractivity (Wildman–Crippen MR) is 80.5 cm³/mol. The van der Waals surface area contributed by atoms with Crippen LogP contribution >= 0.6 is 0 Å². The molecule has 1 fully saturated rings. The maximum atomic E-state index is 13.6. The molecule has 0 aromatic heterocycles. The SMILES string of the molecule is CCNC(C)c1cc(F)ccc1N1CCCC(CO)C1. The number of aliphatic hydroxyl groups excluding tert-OH is 1. The zero-order valence-electron chi connectivity index (χ0n) is 12.4. The Morgan fingerprint density at radius 2 is 2.30 bits per heavy atom. The molecule has 0 bridgehead atoms. The minimum absolute atomic E-state index is 0.125. The standard InChI is InChI=1S/C16H25FN2O/c1-3-18-12(2)15-9-14(17)6-7-16(15)19-8-4-5-13(10-19)11-20/h6-7,9,12-13,18,20H,3-5,8,10-11H2,1-2H3. The highest BCUT2D eigenvalue weighted by atomic mass is 19.1. The third kappa shape index (κ3) is 3.49. The number of rotatable bonds is 5. The van der Waals surface area contributed by atoms with Gasteiger partial charge in [-0.3, -0.25) is 0 Å². The first-order valence-corrected chi connectivity index (χ1v) is 7.54. The van der Waals surface area contributed by atoms with Gasteiger partial charge in [0, 0.05) is 31.4 Å². The molecule has 1 aliphatic rings. The number of nitrogens with zero attached hydrogens (tertiary/aromatic N) is 1. The van der Waals surface area contributed by atoms with E-state index in [0.29, 0.717) is 5.92 Å². The quantitative estimate of drug-likeness (QED) is 0.870. The van der Waals surface area contributed by atoms with Gasteiger partial charge in [0.05, 0.1) is 0 Å². The number of anilines is 1. The molecule has 1 aliphatic heterocycles. The topological polar surface area (TPSA) is 35.5 Å². The summed E-state index contributed by atoms with van der Waals surface area (Å²) in [6.45, 7) is 7.04. The summed E-state index contributed by atoms with van der Waals surface area (Å²) < 4.78 is 13.6. The molecule has 1 aromatic carbocycles. The molecular weight excluding hydrogens is 255 g/mol. The average molecular weight is 280 g/mol. The van der Waals surface area contributed by atoms with Crippen molar-refractivity contribution in [3.63, 3.8) is 0 Å². The van der Waals surface area contributed by atoms with Crippen LogP contribution < -0.4 is 10.2 Å². The second-order valence-corrected chi connectivity index (χ2v) is 5.62. The zero-order valence-corrected chi connectivity index (χ0v) is 12.4. The number of piperidine rings is 1. The fourth-order valence-electron chi connectivity index (χ4n) is 3.01. The minimum atomic E-state index is -0.191. The highest BCUT2D eigenvalue weighted by molar-refractivity contribution is 5.55. The van der Waals surface area contributed by atoms with Crippen LogP contribution in [0.2, 0.25) is 0 Å². The smallest absolute Gasteiger partial charge is 0.123 e. The Morgan fingerprint density at radius 3 is 3.00 bits per heavy atom. The normalized spacial score (nSPS) is 21.0. The second-order valence-electron chi connectivity index (χ2n) is 5.62. The van der Waals surface area contributed by atoms with Crippen LogP contribution in [0.15, 0.2) is 18.2 Å². The lowest BCUT2D eigenvalue weighted by Crippen LogP contribution is -2.37. The van der Waals surface area contributed by atoms with E-state index in [1.807, 2.05) is 6.07 Å². The molecule has 1 heterocycles. The molecule has 0 spiro atoms. The number of halogens is 1. The third-order valence-corrected chi connectivity index (χ3v) is 4.08. The van der Waals surface area contributed by atoms with Gasteiger partial charge in [0.1, 0.15) is 5.82 Å². The Bertz CT molecular complexity index is 438. The summed E-state index contributed by atoms with van der Waals surface area (Å²) in [5.74, 6) is 0.139. The molecule has 2 rings (SSSR count). The first-order valence-electron chi connectivity index (χ1n) is 7.54. The van der Waals surface area contributed by atoms with Crippen molar-refractivity contribution in [2.75, 3.05) is 31.1 Å². The summed E-state index contributed by atoms with van der Waals surface area (Å²) in [7, 11) is 0. The minimum Gasteiger partial charge on any atom is -0.396 e. The average Bonchev–Trinajstić information content (AvgIpc) is 2.47. The van der Waals surface area contributed by atoms with Crippen molar-refractivity contribution in [3.8, 4) is 0 Å². The van der Waals surface area contributed by atoms with Gasteiger partial charge >= 0.3 is 0 Å². The van der Waals surface area contributed by atoms with Crippen molar-refractivity contribution in [1.82, 2.24) is 5.32 Å². The summed E-state index contributed by atoms with van der Waals surface area (Å²) in [6, 6.07) is 5.16. The summed E-state index contributed by atoms with van der Waals surface area (Å²) in [4.78, 5) is 2.28. The molecule has 2 N–H and O–H groups in total. The number of benzene rings is 1. The summed E-state index contributed by atoms with van der Waals surface area (Å²) in [5, 5.41) is 12.7. The molecular formula is C16H25FN2O. The highest BCUT2D eigenvalue weighted by Crippen LogP contribution is 2.30. The Kier molecular flexibility index (Phi) is 5.38. The summed E-state index contributed by atoms with van der Waals surface area (Å²) in [6.07, 6.45) is 2.16. The van der Waals surface area contributed by atoms with E-state index in [0.717, 1.165) is 43.7 Å². The van der Waals surface area contributed by atoms with Gasteiger partial charge in [-0.05, 0) is 56.0 Å². The maximum absolute atomic E-state index is 13.6. The Balaban J connectivity index is 2.25. The molecule has 3 nitrogen and oxygen atoms in total. The number of hydrogen-bond donors (Lipinski definition) is 2. The Morgan fingerprint density at radius 1 is 1.50 bits per heavy atom. The van der Waals surface area contributed by atoms with Gasteiger partial charge in [-0.1, -0.05) is 6.92 Å². The fraction of sp³-hybridized carbons (Fsp3) is 0.625. The Labute approximate surface area is 120 Å². The molecule has 2 atom stereocenters. The second kappa shape index (κ2) is 7.04. The third-order valence-electron chi connectivity index (χ3n) is 4.08. The largest absolute Gasteiger partial charge is 0.396 e.